The summed E-state index contributed by atoms with van der Waals surface area (Å²) in [5.41, 5.74) is 0. The van der Waals surface area contributed by atoms with Gasteiger partial charge in [0.1, 0.15) is 11.5 Å². The summed E-state index contributed by atoms with van der Waals surface area (Å²) in [5, 5.41) is 0. The Balaban J connectivity index is 1.80. The molecule has 1 saturated heterocycles. The van der Waals surface area contributed by atoms with E-state index >= 15 is 0 Å². The first kappa shape index (κ1) is 16.7. The van der Waals surface area contributed by atoms with Gasteiger partial charge in [0.05, 0.1) is 18.6 Å². The maximum atomic E-state index is 12.1. The van der Waals surface area contributed by atoms with Crippen LogP contribution in [-0.2, 0) is 22.3 Å². The Bertz CT molecular complexity index is 563. The molecule has 2 rings (SSSR count). The highest BCUT2D eigenvalue weighted by molar-refractivity contribution is 7.98. The monoisotopic (exact) mass is 340 g/mol. The van der Waals surface area contributed by atoms with Gasteiger partial charge in [0.2, 0.25) is 10.0 Å². The van der Waals surface area contributed by atoms with Crippen LogP contribution in [0.1, 0.15) is 17.9 Å². The maximum absolute atomic E-state index is 12.1. The van der Waals surface area contributed by atoms with E-state index in [1.165, 1.54) is 0 Å². The molecule has 1 aliphatic heterocycles. The second kappa shape index (κ2) is 7.08. The van der Waals surface area contributed by atoms with Gasteiger partial charge in [0, 0.05) is 19.1 Å². The molecule has 0 saturated carbocycles. The molecule has 0 amide bonds. The number of thioether (sulfide) groups is 1. The Morgan fingerprint density at radius 3 is 2.86 bits per heavy atom. The van der Waals surface area contributed by atoms with Crippen LogP contribution in [0.15, 0.2) is 16.5 Å². The van der Waals surface area contributed by atoms with Crippen molar-refractivity contribution in [2.45, 2.75) is 30.5 Å². The van der Waals surface area contributed by atoms with Crippen molar-refractivity contribution < 1.29 is 21.6 Å². The SMILES string of the molecule is CS(=O)(=O)N[C@@H]1CCN(Cc2ccc(CSC(F)F)o2)C1. The number of nitrogens with one attached hydrogen (secondary N) is 1. The van der Waals surface area contributed by atoms with Crippen molar-refractivity contribution >= 4 is 21.8 Å². The Kier molecular flexibility index (Phi) is 5.64. The van der Waals surface area contributed by atoms with Gasteiger partial charge in [0.25, 0.3) is 5.76 Å². The van der Waals surface area contributed by atoms with Crippen LogP contribution in [0, 0.1) is 0 Å². The van der Waals surface area contributed by atoms with Crippen molar-refractivity contribution in [2.75, 3.05) is 19.3 Å². The topological polar surface area (TPSA) is 62.6 Å². The molecule has 5 nitrogen and oxygen atoms in total. The van der Waals surface area contributed by atoms with Gasteiger partial charge < -0.3 is 4.42 Å². The number of rotatable bonds is 7. The second-order valence-electron chi connectivity index (χ2n) is 5.05. The minimum Gasteiger partial charge on any atom is -0.464 e. The predicted molar refractivity (Wildman–Crippen MR) is 77.7 cm³/mol. The van der Waals surface area contributed by atoms with Crippen LogP contribution in [0.4, 0.5) is 8.78 Å². The zero-order valence-electron chi connectivity index (χ0n) is 11.6. The van der Waals surface area contributed by atoms with Crippen LogP contribution in [0.5, 0.6) is 0 Å². The largest absolute Gasteiger partial charge is 0.464 e. The first-order valence-electron chi connectivity index (χ1n) is 6.49. The van der Waals surface area contributed by atoms with E-state index in [4.69, 9.17) is 4.42 Å². The number of hydrogen-bond donors (Lipinski definition) is 1. The summed E-state index contributed by atoms with van der Waals surface area (Å²) >= 11 is 0.530. The third kappa shape index (κ3) is 5.93. The lowest BCUT2D eigenvalue weighted by Gasteiger charge is -2.14. The molecule has 1 fully saturated rings. The van der Waals surface area contributed by atoms with Crippen LogP contribution in [0.3, 0.4) is 0 Å². The Hall–Kier alpha value is -0.640. The molecule has 1 aromatic rings. The predicted octanol–water partition coefficient (Wildman–Crippen LogP) is 1.86. The van der Waals surface area contributed by atoms with Gasteiger partial charge in [-0.2, -0.15) is 8.78 Å². The Morgan fingerprint density at radius 2 is 2.19 bits per heavy atom. The molecule has 0 radical (unpaired) electrons. The highest BCUT2D eigenvalue weighted by atomic mass is 32.2. The van der Waals surface area contributed by atoms with Gasteiger partial charge in [-0.25, -0.2) is 13.1 Å². The van der Waals surface area contributed by atoms with Crippen molar-refractivity contribution in [3.63, 3.8) is 0 Å². The van der Waals surface area contributed by atoms with Crippen LogP contribution < -0.4 is 4.72 Å². The van der Waals surface area contributed by atoms with E-state index in [1.54, 1.807) is 12.1 Å². The summed E-state index contributed by atoms with van der Waals surface area (Å²) < 4.78 is 54.6. The molecule has 0 spiro atoms. The molecule has 0 aromatic carbocycles. The zero-order chi connectivity index (χ0) is 15.5. The number of hydrogen-bond acceptors (Lipinski definition) is 5. The van der Waals surface area contributed by atoms with Gasteiger partial charge in [0.15, 0.2) is 0 Å². The second-order valence-corrected chi connectivity index (χ2v) is 7.81. The molecule has 1 aromatic heterocycles. The first-order chi connectivity index (χ1) is 9.82. The van der Waals surface area contributed by atoms with Crippen LogP contribution in [-0.4, -0.2) is 44.5 Å². The van der Waals surface area contributed by atoms with Crippen LogP contribution in [0.25, 0.3) is 0 Å². The first-order valence-corrected chi connectivity index (χ1v) is 9.43. The standard InChI is InChI=1S/C12H18F2N2O3S2/c1-21(17,18)15-9-4-5-16(6-9)7-10-2-3-11(19-10)8-20-12(13)14/h2-3,9,12,15H,4-8H2,1H3/t9-/m1/s1. The molecule has 9 heteroatoms. The summed E-state index contributed by atoms with van der Waals surface area (Å²) in [6.45, 7) is 1.95. The molecule has 120 valence electrons. The lowest BCUT2D eigenvalue weighted by Crippen LogP contribution is -2.36. The van der Waals surface area contributed by atoms with Crippen molar-refractivity contribution in [3.8, 4) is 0 Å². The molecule has 0 bridgehead atoms. The number of furan rings is 1. The summed E-state index contributed by atoms with van der Waals surface area (Å²) in [5.74, 6) is -1.02. The number of halogens is 2. The highest BCUT2D eigenvalue weighted by Crippen LogP contribution is 2.22. The molecular formula is C12H18F2N2O3S2. The average Bonchev–Trinajstić information content (AvgIpc) is 2.95. The smallest absolute Gasteiger partial charge is 0.284 e. The van der Waals surface area contributed by atoms with Gasteiger partial charge in [-0.1, -0.05) is 11.8 Å². The summed E-state index contributed by atoms with van der Waals surface area (Å²) in [7, 11) is -3.19. The van der Waals surface area contributed by atoms with Crippen LogP contribution >= 0.6 is 11.8 Å². The van der Waals surface area contributed by atoms with Crippen molar-refractivity contribution in [3.05, 3.63) is 23.7 Å². The molecule has 1 atom stereocenters. The molecular weight excluding hydrogens is 322 g/mol. The number of sulfonamides is 1. The normalized spacial score (nSPS) is 20.5. The maximum Gasteiger partial charge on any atom is 0.284 e. The highest BCUT2D eigenvalue weighted by Gasteiger charge is 2.25. The fourth-order valence-corrected chi connectivity index (χ4v) is 3.57. The molecule has 21 heavy (non-hydrogen) atoms. The van der Waals surface area contributed by atoms with E-state index in [-0.39, 0.29) is 11.8 Å². The van der Waals surface area contributed by atoms with Crippen molar-refractivity contribution in [2.24, 2.45) is 0 Å². The molecule has 0 unspecified atom stereocenters. The fraction of sp³-hybridized carbons (Fsp3) is 0.667. The average molecular weight is 340 g/mol. The zero-order valence-corrected chi connectivity index (χ0v) is 13.2. The van der Waals surface area contributed by atoms with Crippen molar-refractivity contribution in [1.82, 2.24) is 9.62 Å². The van der Waals surface area contributed by atoms with E-state index in [0.717, 1.165) is 19.2 Å². The molecule has 1 N–H and O–H groups in total. The van der Waals surface area contributed by atoms with E-state index in [0.29, 0.717) is 36.4 Å². The third-order valence-electron chi connectivity index (χ3n) is 3.10. The lowest BCUT2D eigenvalue weighted by atomic mass is 10.3. The summed E-state index contributed by atoms with van der Waals surface area (Å²) in [4.78, 5) is 2.08. The molecule has 2 heterocycles. The van der Waals surface area contributed by atoms with Gasteiger partial charge in [-0.15, -0.1) is 0 Å². The number of nitrogens with zero attached hydrogens (tertiary/aromatic N) is 1. The van der Waals surface area contributed by atoms with E-state index in [2.05, 4.69) is 9.62 Å². The minimum atomic E-state index is -3.19. The van der Waals surface area contributed by atoms with E-state index < -0.39 is 15.8 Å². The fourth-order valence-electron chi connectivity index (χ4n) is 2.33. The minimum absolute atomic E-state index is 0.0798. The Morgan fingerprint density at radius 1 is 1.48 bits per heavy atom. The molecule has 0 aliphatic carbocycles. The summed E-state index contributed by atoms with van der Waals surface area (Å²) in [6, 6.07) is 3.40. The van der Waals surface area contributed by atoms with Crippen molar-refractivity contribution in [1.29, 1.82) is 0 Å². The Labute approximate surface area is 127 Å². The number of likely N-dealkylation sites (tertiary alicyclic amines) is 1. The quantitative estimate of drug-likeness (QED) is 0.821. The number of alkyl halides is 2. The van der Waals surface area contributed by atoms with E-state index in [9.17, 15) is 17.2 Å². The van der Waals surface area contributed by atoms with Gasteiger partial charge >= 0.3 is 0 Å². The van der Waals surface area contributed by atoms with Gasteiger partial charge in [-0.05, 0) is 18.6 Å². The molecule has 1 aliphatic rings. The van der Waals surface area contributed by atoms with Crippen LogP contribution in [0.2, 0.25) is 0 Å². The van der Waals surface area contributed by atoms with E-state index in [1.807, 2.05) is 0 Å². The summed E-state index contributed by atoms with van der Waals surface area (Å²) in [6.07, 6.45) is 1.90. The lowest BCUT2D eigenvalue weighted by molar-refractivity contribution is 0.251. The van der Waals surface area contributed by atoms with Gasteiger partial charge in [-0.3, -0.25) is 4.90 Å². The third-order valence-corrected chi connectivity index (χ3v) is 4.57.